The molecule has 0 radical (unpaired) electrons. The summed E-state index contributed by atoms with van der Waals surface area (Å²) < 4.78 is 0.628. The summed E-state index contributed by atoms with van der Waals surface area (Å²) in [6.45, 7) is 0.763. The highest BCUT2D eigenvalue weighted by molar-refractivity contribution is 9.10. The summed E-state index contributed by atoms with van der Waals surface area (Å²) in [7, 11) is 1.72. The highest BCUT2D eigenvalue weighted by Gasteiger charge is 2.01. The molecule has 0 aliphatic rings. The van der Waals surface area contributed by atoms with E-state index in [1.54, 1.807) is 25.2 Å². The lowest BCUT2D eigenvalue weighted by atomic mass is 10.2. The Hall–Kier alpha value is -0.780. The number of hydrogen-bond acceptors (Lipinski definition) is 3. The fourth-order valence-electron chi connectivity index (χ4n) is 1.08. The van der Waals surface area contributed by atoms with Crippen LogP contribution in [0.4, 0.5) is 0 Å². The van der Waals surface area contributed by atoms with E-state index >= 15 is 0 Å². The number of rotatable bonds is 4. The number of hydrogen-bond donors (Lipinski definition) is 3. The number of amides is 1. The molecule has 0 bridgehead atoms. The van der Waals surface area contributed by atoms with Gasteiger partial charge in [-0.3, -0.25) is 4.79 Å². The van der Waals surface area contributed by atoms with Crippen LogP contribution in [0.5, 0.6) is 5.75 Å². The first-order chi connectivity index (χ1) is 7.13. The van der Waals surface area contributed by atoms with Crippen LogP contribution >= 0.6 is 28.3 Å². The Morgan fingerprint density at radius 1 is 1.50 bits per heavy atom. The number of carbonyl (C=O) groups is 1. The first kappa shape index (κ1) is 15.2. The highest BCUT2D eigenvalue weighted by Crippen LogP contribution is 2.23. The zero-order valence-electron chi connectivity index (χ0n) is 8.79. The molecule has 1 aromatic rings. The Balaban J connectivity index is 0.00000225. The maximum absolute atomic E-state index is 11.1. The predicted octanol–water partition coefficient (Wildman–Crippen LogP) is 1.41. The minimum absolute atomic E-state index is 0. The van der Waals surface area contributed by atoms with E-state index in [1.807, 2.05) is 0 Å². The van der Waals surface area contributed by atoms with Gasteiger partial charge in [0.15, 0.2) is 0 Å². The second-order valence-corrected chi connectivity index (χ2v) is 3.95. The lowest BCUT2D eigenvalue weighted by Gasteiger charge is -2.05. The minimum Gasteiger partial charge on any atom is -0.507 e. The van der Waals surface area contributed by atoms with Crippen molar-refractivity contribution in [2.45, 2.75) is 6.54 Å². The molecule has 3 N–H and O–H groups in total. The fraction of sp³-hybridized carbons (Fsp3) is 0.300. The van der Waals surface area contributed by atoms with Gasteiger partial charge in [-0.25, -0.2) is 0 Å². The number of likely N-dealkylation sites (N-methyl/N-ethyl adjacent to an activating group) is 1. The Bertz CT molecular complexity index is 361. The van der Waals surface area contributed by atoms with Gasteiger partial charge in [0, 0.05) is 6.54 Å². The molecule has 0 unspecified atom stereocenters. The van der Waals surface area contributed by atoms with Crippen molar-refractivity contribution in [3.63, 3.8) is 0 Å². The van der Waals surface area contributed by atoms with Gasteiger partial charge in [0.25, 0.3) is 0 Å². The summed E-state index contributed by atoms with van der Waals surface area (Å²) >= 11 is 3.21. The van der Waals surface area contributed by atoms with Crippen LogP contribution in [0.3, 0.4) is 0 Å². The lowest BCUT2D eigenvalue weighted by molar-refractivity contribution is -0.120. The molecule has 0 saturated carbocycles. The number of benzene rings is 1. The largest absolute Gasteiger partial charge is 0.507 e. The first-order valence-electron chi connectivity index (χ1n) is 4.52. The summed E-state index contributed by atoms with van der Waals surface area (Å²) in [5.41, 5.74) is 0.934. The second kappa shape index (κ2) is 7.49. The molecule has 0 spiro atoms. The Morgan fingerprint density at radius 3 is 2.75 bits per heavy atom. The van der Waals surface area contributed by atoms with Crippen molar-refractivity contribution < 1.29 is 9.90 Å². The topological polar surface area (TPSA) is 61.4 Å². The van der Waals surface area contributed by atoms with Crippen molar-refractivity contribution in [2.75, 3.05) is 13.6 Å². The van der Waals surface area contributed by atoms with Gasteiger partial charge in [-0.1, -0.05) is 6.07 Å². The van der Waals surface area contributed by atoms with Crippen LogP contribution in [0.1, 0.15) is 5.56 Å². The molecule has 0 atom stereocenters. The Labute approximate surface area is 109 Å². The minimum atomic E-state index is -0.0540. The third-order valence-corrected chi connectivity index (χ3v) is 2.47. The van der Waals surface area contributed by atoms with Gasteiger partial charge >= 0.3 is 0 Å². The molecule has 90 valence electrons. The zero-order valence-corrected chi connectivity index (χ0v) is 11.2. The Kier molecular flexibility index (Phi) is 7.12. The number of carbonyl (C=O) groups excluding carboxylic acids is 1. The van der Waals surface area contributed by atoms with Crippen LogP contribution in [0.2, 0.25) is 0 Å². The zero-order chi connectivity index (χ0) is 11.3. The molecule has 6 heteroatoms. The summed E-state index contributed by atoms with van der Waals surface area (Å²) in [6, 6.07) is 5.12. The molecule has 1 aromatic carbocycles. The van der Waals surface area contributed by atoms with Gasteiger partial charge in [-0.05, 0) is 40.7 Å². The molecule has 0 aliphatic heterocycles. The molecular formula is C10H14BrClN2O2. The molecular weight excluding hydrogens is 295 g/mol. The number of aromatic hydroxyl groups is 1. The van der Waals surface area contributed by atoms with Crippen LogP contribution in [-0.2, 0) is 11.3 Å². The van der Waals surface area contributed by atoms with Gasteiger partial charge in [0.1, 0.15) is 5.75 Å². The lowest BCUT2D eigenvalue weighted by Crippen LogP contribution is -2.31. The average Bonchev–Trinajstić information content (AvgIpc) is 2.20. The molecule has 0 saturated heterocycles. The number of nitrogens with one attached hydrogen (secondary N) is 2. The third-order valence-electron chi connectivity index (χ3n) is 1.84. The van der Waals surface area contributed by atoms with Gasteiger partial charge in [-0.15, -0.1) is 12.4 Å². The van der Waals surface area contributed by atoms with E-state index in [-0.39, 0.29) is 24.1 Å². The van der Waals surface area contributed by atoms with E-state index < -0.39 is 0 Å². The predicted molar refractivity (Wildman–Crippen MR) is 68.8 cm³/mol. The van der Waals surface area contributed by atoms with Crippen LogP contribution in [0.25, 0.3) is 0 Å². The SMILES string of the molecule is CNCC(=O)NCc1ccc(O)c(Br)c1.Cl. The summed E-state index contributed by atoms with van der Waals surface area (Å²) in [6.07, 6.45) is 0. The molecule has 4 nitrogen and oxygen atoms in total. The van der Waals surface area contributed by atoms with Crippen molar-refractivity contribution in [1.82, 2.24) is 10.6 Å². The van der Waals surface area contributed by atoms with E-state index in [0.717, 1.165) is 5.56 Å². The van der Waals surface area contributed by atoms with Crippen LogP contribution in [0, 0.1) is 0 Å². The van der Waals surface area contributed by atoms with Crippen LogP contribution in [0.15, 0.2) is 22.7 Å². The van der Waals surface area contributed by atoms with Crippen molar-refractivity contribution in [3.05, 3.63) is 28.2 Å². The summed E-state index contributed by atoms with van der Waals surface area (Å²) in [4.78, 5) is 11.1. The number of halogens is 2. The molecule has 16 heavy (non-hydrogen) atoms. The molecule has 0 fully saturated rings. The maximum Gasteiger partial charge on any atom is 0.234 e. The summed E-state index contributed by atoms with van der Waals surface area (Å²) in [5, 5.41) is 14.8. The van der Waals surface area contributed by atoms with Crippen molar-refractivity contribution in [2.24, 2.45) is 0 Å². The second-order valence-electron chi connectivity index (χ2n) is 3.09. The molecule has 0 aliphatic carbocycles. The average molecular weight is 310 g/mol. The van der Waals surface area contributed by atoms with E-state index in [0.29, 0.717) is 17.6 Å². The van der Waals surface area contributed by atoms with Crippen LogP contribution in [-0.4, -0.2) is 24.6 Å². The quantitative estimate of drug-likeness (QED) is 0.788. The van der Waals surface area contributed by atoms with Crippen molar-refractivity contribution in [1.29, 1.82) is 0 Å². The number of phenolic OH excluding ortho intramolecular Hbond substituents is 1. The first-order valence-corrected chi connectivity index (χ1v) is 5.31. The maximum atomic E-state index is 11.1. The normalized spacial score (nSPS) is 9.38. The number of phenols is 1. The smallest absolute Gasteiger partial charge is 0.234 e. The van der Waals surface area contributed by atoms with E-state index in [1.165, 1.54) is 0 Å². The Morgan fingerprint density at radius 2 is 2.19 bits per heavy atom. The fourth-order valence-corrected chi connectivity index (χ4v) is 1.51. The highest BCUT2D eigenvalue weighted by atomic mass is 79.9. The van der Waals surface area contributed by atoms with Crippen molar-refractivity contribution in [3.8, 4) is 5.75 Å². The summed E-state index contributed by atoms with van der Waals surface area (Å²) in [5.74, 6) is 0.141. The molecule has 1 amide bonds. The van der Waals surface area contributed by atoms with Gasteiger partial charge in [-0.2, -0.15) is 0 Å². The van der Waals surface area contributed by atoms with Gasteiger partial charge < -0.3 is 15.7 Å². The van der Waals surface area contributed by atoms with Gasteiger partial charge in [0.2, 0.25) is 5.91 Å². The van der Waals surface area contributed by atoms with Gasteiger partial charge in [0.05, 0.1) is 11.0 Å². The molecule has 0 aromatic heterocycles. The molecule has 1 rings (SSSR count). The van der Waals surface area contributed by atoms with Crippen molar-refractivity contribution >= 4 is 34.2 Å². The monoisotopic (exact) mass is 308 g/mol. The van der Waals surface area contributed by atoms with Crippen LogP contribution < -0.4 is 10.6 Å². The molecule has 0 heterocycles. The van der Waals surface area contributed by atoms with E-state index in [4.69, 9.17) is 0 Å². The van der Waals surface area contributed by atoms with E-state index in [9.17, 15) is 9.90 Å². The third kappa shape index (κ3) is 4.83. The standard InChI is InChI=1S/C10H13BrN2O2.ClH/c1-12-6-10(15)13-5-7-2-3-9(14)8(11)4-7;/h2-4,12,14H,5-6H2,1H3,(H,13,15);1H. The van der Waals surface area contributed by atoms with E-state index in [2.05, 4.69) is 26.6 Å².